The first kappa shape index (κ1) is 12.2. The van der Waals surface area contributed by atoms with Gasteiger partial charge in [0.2, 0.25) is 0 Å². The Morgan fingerprint density at radius 3 is 2.36 bits per heavy atom. The summed E-state index contributed by atoms with van der Waals surface area (Å²) in [5, 5.41) is 9.38. The molecule has 0 bridgehead atoms. The van der Waals surface area contributed by atoms with Crippen LogP contribution in [0.3, 0.4) is 0 Å². The minimum absolute atomic E-state index is 0.218. The zero-order chi connectivity index (χ0) is 10.9. The van der Waals surface area contributed by atoms with E-state index in [0.29, 0.717) is 0 Å². The number of rotatable bonds is 2. The molecule has 1 rings (SSSR count). The summed E-state index contributed by atoms with van der Waals surface area (Å²) in [6.07, 6.45) is -1.47. The molecule has 0 saturated carbocycles. The van der Waals surface area contributed by atoms with Crippen LogP contribution in [0.4, 0.5) is 8.78 Å². The molecule has 0 aromatic heterocycles. The number of benzene rings is 1. The molecule has 0 heterocycles. The van der Waals surface area contributed by atoms with Gasteiger partial charge in [-0.1, -0.05) is 15.9 Å². The van der Waals surface area contributed by atoms with Crippen molar-refractivity contribution in [1.29, 1.82) is 0 Å². The summed E-state index contributed by atoms with van der Waals surface area (Å²) in [5.74, 6) is -2.21. The van der Waals surface area contributed by atoms with E-state index in [0.717, 1.165) is 6.07 Å². The predicted octanol–water partition coefficient (Wildman–Crippen LogP) is 3.56. The van der Waals surface area contributed by atoms with Gasteiger partial charge >= 0.3 is 0 Å². The number of aliphatic hydroxyl groups excluding tert-OH is 1. The van der Waals surface area contributed by atoms with Crippen LogP contribution in [0, 0.1) is 11.6 Å². The first-order valence-corrected chi connectivity index (χ1v) is 5.21. The van der Waals surface area contributed by atoms with Gasteiger partial charge in [-0.2, -0.15) is 0 Å². The molecular weight excluding hydrogens is 301 g/mol. The largest absolute Gasteiger partial charge is 0.385 e. The molecule has 1 N–H and O–H groups in total. The third-order valence-corrected chi connectivity index (χ3v) is 2.78. The van der Waals surface area contributed by atoms with E-state index in [9.17, 15) is 13.9 Å². The lowest BCUT2D eigenvalue weighted by atomic mass is 10.1. The van der Waals surface area contributed by atoms with E-state index in [1.807, 2.05) is 0 Å². The fourth-order valence-electron chi connectivity index (χ4n) is 0.940. The maximum atomic E-state index is 13.2. The number of halogens is 5. The quantitative estimate of drug-likeness (QED) is 0.654. The second kappa shape index (κ2) is 4.75. The Bertz CT molecular complexity index is 346. The Labute approximate surface area is 97.8 Å². The highest BCUT2D eigenvalue weighted by Gasteiger charge is 2.24. The van der Waals surface area contributed by atoms with E-state index in [-0.39, 0.29) is 10.0 Å². The number of alkyl halides is 2. The van der Waals surface area contributed by atoms with Crippen LogP contribution in [0.1, 0.15) is 11.7 Å². The first-order valence-electron chi connectivity index (χ1n) is 3.54. The summed E-state index contributed by atoms with van der Waals surface area (Å²) >= 11 is 13.7. The third-order valence-electron chi connectivity index (χ3n) is 1.61. The molecule has 78 valence electrons. The average molecular weight is 306 g/mol. The summed E-state index contributed by atoms with van der Waals surface area (Å²) in [4.78, 5) is -1.22. The van der Waals surface area contributed by atoms with E-state index in [2.05, 4.69) is 15.9 Å². The van der Waals surface area contributed by atoms with Gasteiger partial charge in [-0.25, -0.2) is 8.78 Å². The maximum absolute atomic E-state index is 13.2. The molecule has 0 amide bonds. The van der Waals surface area contributed by atoms with Crippen LogP contribution in [0.5, 0.6) is 0 Å². The van der Waals surface area contributed by atoms with E-state index < -0.39 is 22.6 Å². The van der Waals surface area contributed by atoms with Crippen LogP contribution in [0.15, 0.2) is 16.6 Å². The number of hydrogen-bond donors (Lipinski definition) is 1. The fourth-order valence-corrected chi connectivity index (χ4v) is 1.73. The fraction of sp³-hybridized carbons (Fsp3) is 0.250. The van der Waals surface area contributed by atoms with Gasteiger partial charge in [-0.15, -0.1) is 23.2 Å². The van der Waals surface area contributed by atoms with Gasteiger partial charge < -0.3 is 5.11 Å². The molecule has 0 spiro atoms. The SMILES string of the molecule is OC(c1c(Br)ccc(F)c1F)C(Cl)Cl. The van der Waals surface area contributed by atoms with E-state index >= 15 is 0 Å². The van der Waals surface area contributed by atoms with Gasteiger partial charge in [0.25, 0.3) is 0 Å². The van der Waals surface area contributed by atoms with Crippen molar-refractivity contribution in [3.63, 3.8) is 0 Å². The molecule has 0 saturated heterocycles. The molecule has 0 aliphatic heterocycles. The second-order valence-electron chi connectivity index (χ2n) is 2.54. The summed E-state index contributed by atoms with van der Waals surface area (Å²) in [6.45, 7) is 0. The molecule has 0 radical (unpaired) electrons. The molecule has 1 unspecified atom stereocenters. The predicted molar refractivity (Wildman–Crippen MR) is 54.5 cm³/mol. The Balaban J connectivity index is 3.25. The Morgan fingerprint density at radius 1 is 1.29 bits per heavy atom. The monoisotopic (exact) mass is 304 g/mol. The van der Waals surface area contributed by atoms with Crippen LogP contribution in [0.2, 0.25) is 0 Å². The Morgan fingerprint density at radius 2 is 1.86 bits per heavy atom. The summed E-state index contributed by atoms with van der Waals surface area (Å²) in [5.41, 5.74) is -0.278. The lowest BCUT2D eigenvalue weighted by molar-refractivity contribution is 0.185. The van der Waals surface area contributed by atoms with Crippen molar-refractivity contribution >= 4 is 39.1 Å². The van der Waals surface area contributed by atoms with Gasteiger partial charge in [0.1, 0.15) is 10.9 Å². The average Bonchev–Trinajstić information content (AvgIpc) is 2.12. The van der Waals surface area contributed by atoms with Crippen LogP contribution in [-0.2, 0) is 0 Å². The topological polar surface area (TPSA) is 20.2 Å². The number of aliphatic hydroxyl groups is 1. The molecule has 0 fully saturated rings. The highest BCUT2D eigenvalue weighted by molar-refractivity contribution is 9.10. The lowest BCUT2D eigenvalue weighted by Gasteiger charge is -2.14. The minimum atomic E-state index is -1.47. The van der Waals surface area contributed by atoms with Crippen molar-refractivity contribution in [2.24, 2.45) is 0 Å². The van der Waals surface area contributed by atoms with Crippen LogP contribution >= 0.6 is 39.1 Å². The first-order chi connectivity index (χ1) is 6.45. The van der Waals surface area contributed by atoms with Crippen molar-refractivity contribution < 1.29 is 13.9 Å². The summed E-state index contributed by atoms with van der Waals surface area (Å²) in [7, 11) is 0. The normalized spacial score (nSPS) is 13.4. The highest BCUT2D eigenvalue weighted by Crippen LogP contribution is 2.32. The van der Waals surface area contributed by atoms with Crippen LogP contribution in [-0.4, -0.2) is 9.94 Å². The summed E-state index contributed by atoms with van der Waals surface area (Å²) < 4.78 is 26.2. The molecule has 6 heteroatoms. The molecule has 1 nitrogen and oxygen atoms in total. The van der Waals surface area contributed by atoms with Gasteiger partial charge in [-0.05, 0) is 12.1 Å². The highest BCUT2D eigenvalue weighted by atomic mass is 79.9. The smallest absolute Gasteiger partial charge is 0.165 e. The Hall–Kier alpha value is 0.1000. The van der Waals surface area contributed by atoms with Gasteiger partial charge in [0.15, 0.2) is 11.6 Å². The zero-order valence-electron chi connectivity index (χ0n) is 6.65. The molecule has 1 atom stereocenters. The summed E-state index contributed by atoms with van der Waals surface area (Å²) in [6, 6.07) is 2.21. The van der Waals surface area contributed by atoms with Gasteiger partial charge in [-0.3, -0.25) is 0 Å². The Kier molecular flexibility index (Phi) is 4.13. The van der Waals surface area contributed by atoms with Crippen molar-refractivity contribution in [2.45, 2.75) is 10.9 Å². The molecular formula is C8H5BrCl2F2O. The van der Waals surface area contributed by atoms with Crippen molar-refractivity contribution in [3.05, 3.63) is 33.8 Å². The molecule has 1 aromatic carbocycles. The van der Waals surface area contributed by atoms with Crippen LogP contribution < -0.4 is 0 Å². The van der Waals surface area contributed by atoms with Crippen molar-refractivity contribution in [2.75, 3.05) is 0 Å². The van der Waals surface area contributed by atoms with E-state index in [4.69, 9.17) is 23.2 Å². The van der Waals surface area contributed by atoms with E-state index in [1.165, 1.54) is 6.07 Å². The lowest BCUT2D eigenvalue weighted by Crippen LogP contribution is -2.10. The zero-order valence-corrected chi connectivity index (χ0v) is 9.74. The van der Waals surface area contributed by atoms with Gasteiger partial charge in [0.05, 0.1) is 0 Å². The minimum Gasteiger partial charge on any atom is -0.385 e. The maximum Gasteiger partial charge on any atom is 0.165 e. The van der Waals surface area contributed by atoms with Crippen molar-refractivity contribution in [1.82, 2.24) is 0 Å². The molecule has 1 aromatic rings. The van der Waals surface area contributed by atoms with Crippen LogP contribution in [0.25, 0.3) is 0 Å². The third kappa shape index (κ3) is 2.37. The number of hydrogen-bond acceptors (Lipinski definition) is 1. The molecule has 0 aliphatic carbocycles. The van der Waals surface area contributed by atoms with E-state index in [1.54, 1.807) is 0 Å². The van der Waals surface area contributed by atoms with Gasteiger partial charge in [0, 0.05) is 10.0 Å². The second-order valence-corrected chi connectivity index (χ2v) is 4.55. The standard InChI is InChI=1S/C8H5BrCl2F2O/c9-3-1-2-4(12)6(13)5(3)7(14)8(10)11/h1-2,7-8,14H. The van der Waals surface area contributed by atoms with Crippen molar-refractivity contribution in [3.8, 4) is 0 Å². The molecule has 14 heavy (non-hydrogen) atoms. The molecule has 0 aliphatic rings.